The first-order valence-electron chi connectivity index (χ1n) is 11.1. The zero-order valence-electron chi connectivity index (χ0n) is 18.8. The molecular weight excluding hydrogens is 416 g/mol. The van der Waals surface area contributed by atoms with Gasteiger partial charge in [0.1, 0.15) is 6.10 Å². The van der Waals surface area contributed by atoms with E-state index < -0.39 is 24.4 Å². The second kappa shape index (κ2) is 9.44. The molecule has 2 aliphatic rings. The van der Waals surface area contributed by atoms with E-state index in [1.54, 1.807) is 25.3 Å². The number of ether oxygens (including phenoxy) is 2. The monoisotopic (exact) mass is 448 g/mol. The predicted octanol–water partition coefficient (Wildman–Crippen LogP) is 2.34. The molecule has 0 unspecified atom stereocenters. The van der Waals surface area contributed by atoms with E-state index in [1.165, 1.54) is 0 Å². The van der Waals surface area contributed by atoms with Crippen LogP contribution in [0.15, 0.2) is 26.8 Å². The van der Waals surface area contributed by atoms with Crippen LogP contribution in [0, 0.1) is 18.8 Å². The molecule has 4 rings (SSSR count). The van der Waals surface area contributed by atoms with Crippen LogP contribution in [-0.4, -0.2) is 68.7 Å². The van der Waals surface area contributed by atoms with E-state index in [-0.39, 0.29) is 24.0 Å². The van der Waals surface area contributed by atoms with Crippen molar-refractivity contribution in [1.29, 1.82) is 0 Å². The fourth-order valence-electron chi connectivity index (χ4n) is 4.25. The van der Waals surface area contributed by atoms with Gasteiger partial charge in [-0.05, 0) is 39.7 Å². The molecule has 2 aliphatic heterocycles. The number of epoxide rings is 1. The fraction of sp³-hybridized carbons (Fsp3) is 0.652. The topological polar surface area (TPSA) is 135 Å². The number of aliphatic hydroxyl groups is 3. The molecule has 9 heteroatoms. The molecular formula is C23H32N2O7. The molecule has 0 bridgehead atoms. The second-order valence-corrected chi connectivity index (χ2v) is 9.18. The Morgan fingerprint density at radius 1 is 1.22 bits per heavy atom. The van der Waals surface area contributed by atoms with Crippen molar-refractivity contribution < 1.29 is 33.7 Å². The normalized spacial score (nSPS) is 32.7. The van der Waals surface area contributed by atoms with E-state index in [0.29, 0.717) is 36.9 Å². The highest BCUT2D eigenvalue weighted by molar-refractivity contribution is 5.52. The number of aryl methyl sites for hydroxylation is 1. The Morgan fingerprint density at radius 3 is 2.69 bits per heavy atom. The van der Waals surface area contributed by atoms with Crippen LogP contribution in [0.1, 0.15) is 45.2 Å². The Bertz CT molecular complexity index is 936. The Balaban J connectivity index is 1.30. The van der Waals surface area contributed by atoms with Crippen LogP contribution in [-0.2, 0) is 9.47 Å². The summed E-state index contributed by atoms with van der Waals surface area (Å²) >= 11 is 0. The van der Waals surface area contributed by atoms with Crippen molar-refractivity contribution in [2.45, 2.75) is 77.2 Å². The average molecular weight is 449 g/mol. The van der Waals surface area contributed by atoms with Gasteiger partial charge in [0.05, 0.1) is 49.0 Å². The Hall–Kier alpha value is -2.04. The van der Waals surface area contributed by atoms with Crippen molar-refractivity contribution in [2.24, 2.45) is 11.8 Å². The smallest absolute Gasteiger partial charge is 0.219 e. The summed E-state index contributed by atoms with van der Waals surface area (Å²) in [4.78, 5) is 4.24. The first kappa shape index (κ1) is 23.1. The highest BCUT2D eigenvalue weighted by Gasteiger charge is 2.48. The number of oxazole rings is 1. The highest BCUT2D eigenvalue weighted by Crippen LogP contribution is 2.38. The second-order valence-electron chi connectivity index (χ2n) is 9.18. The molecule has 2 saturated heterocycles. The summed E-state index contributed by atoms with van der Waals surface area (Å²) in [6.07, 6.45) is 1.52. The van der Waals surface area contributed by atoms with Crippen molar-refractivity contribution in [2.75, 3.05) is 6.61 Å². The van der Waals surface area contributed by atoms with Crippen LogP contribution < -0.4 is 0 Å². The Labute approximate surface area is 187 Å². The highest BCUT2D eigenvalue weighted by atomic mass is 16.6. The number of rotatable bonds is 8. The summed E-state index contributed by atoms with van der Waals surface area (Å²) in [6.45, 7) is 7.78. The molecule has 3 N–H and O–H groups in total. The minimum absolute atomic E-state index is 0.00574. The van der Waals surface area contributed by atoms with Crippen LogP contribution in [0.5, 0.6) is 0 Å². The SMILES string of the molecule is C/C(=C\c1ncc(-c2cc(C)no2)o1)C[C@@H]1OC[C@H](C[C@@H]2O[C@H]2[C@@H](C)[C@H](C)O)[C@@H](O)[C@H]1O. The van der Waals surface area contributed by atoms with Gasteiger partial charge in [0.2, 0.25) is 11.7 Å². The molecule has 176 valence electrons. The lowest BCUT2D eigenvalue weighted by molar-refractivity contribution is -0.165. The molecule has 0 saturated carbocycles. The first-order valence-corrected chi connectivity index (χ1v) is 11.1. The molecule has 0 aromatic carbocycles. The number of aliphatic hydroxyl groups excluding tert-OH is 3. The molecule has 9 nitrogen and oxygen atoms in total. The van der Waals surface area contributed by atoms with E-state index in [4.69, 9.17) is 18.4 Å². The van der Waals surface area contributed by atoms with Crippen LogP contribution in [0.3, 0.4) is 0 Å². The van der Waals surface area contributed by atoms with E-state index in [9.17, 15) is 15.3 Å². The summed E-state index contributed by atoms with van der Waals surface area (Å²) in [7, 11) is 0. The molecule has 0 spiro atoms. The third-order valence-electron chi connectivity index (χ3n) is 6.46. The van der Waals surface area contributed by atoms with E-state index in [0.717, 1.165) is 11.3 Å². The summed E-state index contributed by atoms with van der Waals surface area (Å²) < 4.78 is 22.5. The average Bonchev–Trinajstić information content (AvgIpc) is 3.11. The molecule has 2 fully saturated rings. The number of aromatic nitrogens is 2. The van der Waals surface area contributed by atoms with Crippen molar-refractivity contribution >= 4 is 6.08 Å². The van der Waals surface area contributed by atoms with Crippen molar-refractivity contribution in [3.8, 4) is 11.5 Å². The minimum atomic E-state index is -0.999. The maximum atomic E-state index is 10.7. The quantitative estimate of drug-likeness (QED) is 0.520. The summed E-state index contributed by atoms with van der Waals surface area (Å²) in [6, 6.07) is 1.77. The largest absolute Gasteiger partial charge is 0.433 e. The van der Waals surface area contributed by atoms with Gasteiger partial charge in [-0.25, -0.2) is 4.98 Å². The third kappa shape index (κ3) is 5.13. The van der Waals surface area contributed by atoms with Crippen LogP contribution >= 0.6 is 0 Å². The van der Waals surface area contributed by atoms with Gasteiger partial charge in [0.15, 0.2) is 5.76 Å². The van der Waals surface area contributed by atoms with Crippen LogP contribution in [0.4, 0.5) is 0 Å². The summed E-state index contributed by atoms with van der Waals surface area (Å²) in [5.41, 5.74) is 1.66. The summed E-state index contributed by atoms with van der Waals surface area (Å²) in [5.74, 6) is 1.25. The first-order chi connectivity index (χ1) is 15.2. The number of hydrogen-bond donors (Lipinski definition) is 3. The minimum Gasteiger partial charge on any atom is -0.433 e. The molecule has 0 aliphatic carbocycles. The third-order valence-corrected chi connectivity index (χ3v) is 6.46. The maximum absolute atomic E-state index is 10.7. The standard InChI is InChI=1S/C23H32N2O7/c1-11(6-20-24-9-19(30-20)16-7-12(2)25-32-16)5-17-22(28)21(27)15(10-29-17)8-18-23(31-18)13(3)14(4)26/h6-7,9,13-15,17-18,21-23,26-28H,5,8,10H2,1-4H3/b11-6+/t13-,14-,15-,17-,18-,21+,22-,23-/m0/s1. The zero-order chi connectivity index (χ0) is 23.0. The number of nitrogens with zero attached hydrogens (tertiary/aromatic N) is 2. The van der Waals surface area contributed by atoms with Gasteiger partial charge in [-0.15, -0.1) is 0 Å². The van der Waals surface area contributed by atoms with E-state index in [1.807, 2.05) is 20.8 Å². The van der Waals surface area contributed by atoms with Crippen LogP contribution in [0.2, 0.25) is 0 Å². The van der Waals surface area contributed by atoms with Gasteiger partial charge in [-0.1, -0.05) is 17.7 Å². The molecule has 0 amide bonds. The zero-order valence-corrected chi connectivity index (χ0v) is 18.8. The van der Waals surface area contributed by atoms with Gasteiger partial charge in [-0.2, -0.15) is 0 Å². The van der Waals surface area contributed by atoms with Crippen molar-refractivity contribution in [1.82, 2.24) is 10.1 Å². The molecule has 8 atom stereocenters. The molecule has 32 heavy (non-hydrogen) atoms. The fourth-order valence-corrected chi connectivity index (χ4v) is 4.25. The van der Waals surface area contributed by atoms with Gasteiger partial charge in [-0.3, -0.25) is 0 Å². The Morgan fingerprint density at radius 2 is 2.00 bits per heavy atom. The molecule has 4 heterocycles. The van der Waals surface area contributed by atoms with Gasteiger partial charge >= 0.3 is 0 Å². The molecule has 2 aromatic heterocycles. The predicted molar refractivity (Wildman–Crippen MR) is 114 cm³/mol. The lowest BCUT2D eigenvalue weighted by atomic mass is 9.85. The molecule has 0 radical (unpaired) electrons. The lowest BCUT2D eigenvalue weighted by Crippen LogP contribution is -2.50. The number of hydrogen-bond acceptors (Lipinski definition) is 9. The van der Waals surface area contributed by atoms with Crippen LogP contribution in [0.25, 0.3) is 17.6 Å². The van der Waals surface area contributed by atoms with E-state index >= 15 is 0 Å². The van der Waals surface area contributed by atoms with Gasteiger partial charge in [0, 0.05) is 17.9 Å². The molecule has 2 aromatic rings. The van der Waals surface area contributed by atoms with Gasteiger partial charge < -0.3 is 33.7 Å². The van der Waals surface area contributed by atoms with Crippen molar-refractivity contribution in [3.05, 3.63) is 29.4 Å². The summed E-state index contributed by atoms with van der Waals surface area (Å²) in [5, 5.41) is 34.8. The lowest BCUT2D eigenvalue weighted by Gasteiger charge is -2.38. The Kier molecular flexibility index (Phi) is 6.83. The van der Waals surface area contributed by atoms with Crippen molar-refractivity contribution in [3.63, 3.8) is 0 Å². The maximum Gasteiger partial charge on any atom is 0.219 e. The van der Waals surface area contributed by atoms with E-state index in [2.05, 4.69) is 10.1 Å². The van der Waals surface area contributed by atoms with Gasteiger partial charge in [0.25, 0.3) is 0 Å².